The highest BCUT2D eigenvalue weighted by molar-refractivity contribution is 9.10. The smallest absolute Gasteiger partial charge is 0.243 e. The largest absolute Gasteiger partial charge is 0.395 e. The summed E-state index contributed by atoms with van der Waals surface area (Å²) in [4.78, 5) is 9.73. The minimum absolute atomic E-state index is 0.0424. The summed E-state index contributed by atoms with van der Waals surface area (Å²) in [5.41, 5.74) is 9.84. The second kappa shape index (κ2) is 7.36. The average molecular weight is 405 g/mol. The summed E-state index contributed by atoms with van der Waals surface area (Å²) >= 11 is 8.70. The molecule has 1 aromatic carbocycles. The molecule has 0 heterocycles. The Hall–Kier alpha value is -0.940. The van der Waals surface area contributed by atoms with Crippen molar-refractivity contribution in [3.8, 4) is 0 Å². The fourth-order valence-electron chi connectivity index (χ4n) is 1.29. The molecule has 0 aliphatic rings. The maximum absolute atomic E-state index is 13.9. The van der Waals surface area contributed by atoms with Crippen LogP contribution in [0.4, 0.5) is 10.1 Å². The van der Waals surface area contributed by atoms with Crippen molar-refractivity contribution in [2.45, 2.75) is 4.90 Å². The van der Waals surface area contributed by atoms with Crippen molar-refractivity contribution in [1.29, 1.82) is 0 Å². The molecule has 0 aliphatic heterocycles. The van der Waals surface area contributed by atoms with E-state index in [0.29, 0.717) is 0 Å². The van der Waals surface area contributed by atoms with E-state index in [1.165, 1.54) is 0 Å². The Morgan fingerprint density at radius 3 is 2.71 bits per heavy atom. The van der Waals surface area contributed by atoms with Crippen LogP contribution in [-0.2, 0) is 19.6 Å². The minimum atomic E-state index is -4.16. The lowest BCUT2D eigenvalue weighted by atomic mass is 10.3. The third-order valence-electron chi connectivity index (χ3n) is 2.23. The van der Waals surface area contributed by atoms with E-state index in [2.05, 4.69) is 20.7 Å². The zero-order valence-corrected chi connectivity index (χ0v) is 13.7. The Bertz CT molecular complexity index is 656. The van der Waals surface area contributed by atoms with Gasteiger partial charge in [0.05, 0.1) is 21.8 Å². The Labute approximate surface area is 133 Å². The van der Waals surface area contributed by atoms with E-state index in [0.717, 1.165) is 6.07 Å². The van der Waals surface area contributed by atoms with Crippen LogP contribution >= 0.6 is 27.5 Å². The van der Waals surface area contributed by atoms with E-state index in [-0.39, 0.29) is 29.3 Å². The predicted molar refractivity (Wildman–Crippen MR) is 78.7 cm³/mol. The first kappa shape index (κ1) is 18.1. The van der Waals surface area contributed by atoms with Crippen LogP contribution < -0.4 is 16.2 Å². The number of carbonyl (C=O) groups excluding carboxylic acids is 1. The van der Waals surface area contributed by atoms with Gasteiger partial charge >= 0.3 is 0 Å². The van der Waals surface area contributed by atoms with E-state index >= 15 is 0 Å². The van der Waals surface area contributed by atoms with Crippen LogP contribution in [0, 0.1) is 5.82 Å². The second-order valence-electron chi connectivity index (χ2n) is 3.81. The molecule has 1 rings (SSSR count). The van der Waals surface area contributed by atoms with Gasteiger partial charge in [-0.2, -0.15) is 0 Å². The van der Waals surface area contributed by atoms with Gasteiger partial charge in [-0.15, -0.1) is 0 Å². The van der Waals surface area contributed by atoms with Gasteiger partial charge in [0.1, 0.15) is 11.5 Å². The summed E-state index contributed by atoms with van der Waals surface area (Å²) in [7, 11) is -4.16. The monoisotopic (exact) mass is 403 g/mol. The van der Waals surface area contributed by atoms with Crippen molar-refractivity contribution in [3.05, 3.63) is 21.4 Å². The van der Waals surface area contributed by atoms with Crippen molar-refractivity contribution in [2.75, 3.05) is 25.5 Å². The molecular weight excluding hydrogens is 393 g/mol. The predicted octanol–water partition coefficient (Wildman–Crippen LogP) is 0.604. The molecule has 0 aliphatic carbocycles. The molecule has 0 saturated carbocycles. The van der Waals surface area contributed by atoms with Gasteiger partial charge in [0.25, 0.3) is 0 Å². The zero-order chi connectivity index (χ0) is 16.2. The van der Waals surface area contributed by atoms with Gasteiger partial charge in [0, 0.05) is 6.54 Å². The highest BCUT2D eigenvalue weighted by Gasteiger charge is 2.23. The quantitative estimate of drug-likeness (QED) is 0.349. The summed E-state index contributed by atoms with van der Waals surface area (Å²) in [5.74, 6) is -1.80. The molecular formula is C10H12BrClFN3O4S. The number of nitrogens with one attached hydrogen (secondary N) is 1. The molecule has 1 aromatic rings. The van der Waals surface area contributed by atoms with Crippen LogP contribution in [0.25, 0.3) is 0 Å². The molecule has 11 heteroatoms. The molecule has 1 amide bonds. The number of hydrogen-bond donors (Lipinski definition) is 3. The first-order valence-electron chi connectivity index (χ1n) is 5.45. The van der Waals surface area contributed by atoms with Crippen molar-refractivity contribution < 1.29 is 22.3 Å². The fraction of sp³-hybridized carbons (Fsp3) is 0.300. The van der Waals surface area contributed by atoms with E-state index < -0.39 is 32.3 Å². The molecule has 0 aromatic heterocycles. The number of amides is 1. The van der Waals surface area contributed by atoms with Crippen molar-refractivity contribution in [1.82, 2.24) is 4.72 Å². The number of nitrogens with two attached hydrogens (primary N) is 2. The van der Waals surface area contributed by atoms with Crippen molar-refractivity contribution in [3.63, 3.8) is 0 Å². The first-order valence-corrected chi connectivity index (χ1v) is 8.11. The third kappa shape index (κ3) is 4.78. The number of nitrogen functional groups attached to an aromatic ring is 1. The Balaban J connectivity index is 2.82. The number of sulfonamides is 1. The van der Waals surface area contributed by atoms with E-state index in [1.54, 1.807) is 0 Å². The lowest BCUT2D eigenvalue weighted by Crippen LogP contribution is -2.29. The third-order valence-corrected chi connectivity index (χ3v) is 5.07. The van der Waals surface area contributed by atoms with E-state index in [9.17, 15) is 17.6 Å². The number of ether oxygens (including phenoxy) is 1. The summed E-state index contributed by atoms with van der Waals surface area (Å²) in [5, 5.41) is -0.0424. The fourth-order valence-corrected chi connectivity index (χ4v) is 2.98. The Kier molecular flexibility index (Phi) is 6.35. The number of rotatable bonds is 7. The van der Waals surface area contributed by atoms with Crippen LogP contribution in [0.1, 0.15) is 0 Å². The average Bonchev–Trinajstić information content (AvgIpc) is 2.39. The van der Waals surface area contributed by atoms with Crippen molar-refractivity contribution in [2.24, 2.45) is 5.73 Å². The van der Waals surface area contributed by atoms with Gasteiger partial charge in [-0.05, 0) is 22.0 Å². The zero-order valence-electron chi connectivity index (χ0n) is 10.5. The number of primary amides is 1. The Morgan fingerprint density at radius 1 is 1.52 bits per heavy atom. The number of hydrogen-bond acceptors (Lipinski definition) is 5. The number of anilines is 1. The van der Waals surface area contributed by atoms with Crippen LogP contribution in [0.2, 0.25) is 5.02 Å². The standard InChI is InChI=1S/C10H12BrClFN3O4S/c11-8-5(12)3-6(9(13)10(8)15)21(18,19)16-1-2-20-4-7(14)17/h3,16H,1-2,4,15H2,(H2,14,17). The molecule has 0 radical (unpaired) electrons. The van der Waals surface area contributed by atoms with Gasteiger partial charge in [-0.1, -0.05) is 11.6 Å². The molecule has 21 heavy (non-hydrogen) atoms. The highest BCUT2D eigenvalue weighted by Crippen LogP contribution is 2.34. The lowest BCUT2D eigenvalue weighted by Gasteiger charge is -2.11. The first-order chi connectivity index (χ1) is 9.66. The molecule has 5 N–H and O–H groups in total. The van der Waals surface area contributed by atoms with Crippen LogP contribution in [-0.4, -0.2) is 34.1 Å². The SMILES string of the molecule is NC(=O)COCCNS(=O)(=O)c1cc(Cl)c(Br)c(N)c1F. The molecule has 0 saturated heterocycles. The van der Waals surface area contributed by atoms with E-state index in [4.69, 9.17) is 27.8 Å². The summed E-state index contributed by atoms with van der Waals surface area (Å²) in [6.07, 6.45) is 0. The van der Waals surface area contributed by atoms with E-state index in [1.807, 2.05) is 0 Å². The van der Waals surface area contributed by atoms with Gasteiger partial charge in [-0.3, -0.25) is 4.79 Å². The summed E-state index contributed by atoms with van der Waals surface area (Å²) < 4.78 is 44.7. The molecule has 0 atom stereocenters. The summed E-state index contributed by atoms with van der Waals surface area (Å²) in [6, 6.07) is 0.934. The molecule has 7 nitrogen and oxygen atoms in total. The molecule has 0 bridgehead atoms. The highest BCUT2D eigenvalue weighted by atomic mass is 79.9. The minimum Gasteiger partial charge on any atom is -0.395 e. The van der Waals surface area contributed by atoms with Gasteiger partial charge in [0.2, 0.25) is 15.9 Å². The topological polar surface area (TPSA) is 125 Å². The van der Waals surface area contributed by atoms with Crippen LogP contribution in [0.15, 0.2) is 15.4 Å². The maximum Gasteiger partial charge on any atom is 0.243 e. The lowest BCUT2D eigenvalue weighted by molar-refractivity contribution is -0.122. The summed E-state index contributed by atoms with van der Waals surface area (Å²) in [6.45, 7) is -0.626. The van der Waals surface area contributed by atoms with Gasteiger partial charge in [-0.25, -0.2) is 17.5 Å². The maximum atomic E-state index is 13.9. The van der Waals surface area contributed by atoms with Crippen LogP contribution in [0.5, 0.6) is 0 Å². The number of carbonyl (C=O) groups is 1. The van der Waals surface area contributed by atoms with Crippen molar-refractivity contribution >= 4 is 49.1 Å². The van der Waals surface area contributed by atoms with Crippen LogP contribution in [0.3, 0.4) is 0 Å². The molecule has 0 fully saturated rings. The normalized spacial score (nSPS) is 11.6. The van der Waals surface area contributed by atoms with Gasteiger partial charge in [0.15, 0.2) is 5.82 Å². The molecule has 118 valence electrons. The molecule has 0 unspecified atom stereocenters. The number of halogens is 3. The molecule has 0 spiro atoms. The second-order valence-corrected chi connectivity index (χ2v) is 6.75. The number of benzene rings is 1. The Morgan fingerprint density at radius 2 is 2.14 bits per heavy atom. The van der Waals surface area contributed by atoms with Gasteiger partial charge < -0.3 is 16.2 Å².